The van der Waals surface area contributed by atoms with E-state index < -0.39 is 17.8 Å². The van der Waals surface area contributed by atoms with E-state index in [2.05, 4.69) is 20.2 Å². The van der Waals surface area contributed by atoms with Gasteiger partial charge in [0, 0.05) is 31.1 Å². The van der Waals surface area contributed by atoms with Crippen LogP contribution in [-0.2, 0) is 12.6 Å². The number of fused-ring (bicyclic) bond motifs is 3. The number of amides is 1. The number of halogens is 3. The molecule has 0 aliphatic carbocycles. The monoisotopic (exact) mass is 465 g/mol. The zero-order valence-corrected chi connectivity index (χ0v) is 17.9. The van der Waals surface area contributed by atoms with Crippen molar-refractivity contribution >= 4 is 16.9 Å². The molecule has 0 unspecified atom stereocenters. The highest BCUT2D eigenvalue weighted by Gasteiger charge is 2.38. The van der Waals surface area contributed by atoms with Crippen molar-refractivity contribution in [3.63, 3.8) is 0 Å². The minimum absolute atomic E-state index is 0.0773. The summed E-state index contributed by atoms with van der Waals surface area (Å²) in [6.07, 6.45) is 2.33. The maximum absolute atomic E-state index is 13.7. The summed E-state index contributed by atoms with van der Waals surface area (Å²) in [6, 6.07) is 6.69. The lowest BCUT2D eigenvalue weighted by Crippen LogP contribution is -2.41. The fourth-order valence-corrected chi connectivity index (χ4v) is 4.61. The number of carbonyl (C=O) groups excluding carboxylic acids is 1. The molecule has 6 rings (SSSR count). The average Bonchev–Trinajstić information content (AvgIpc) is 3.53. The molecule has 172 valence electrons. The fraction of sp³-hybridized carbons (Fsp3) is 0.217. The Morgan fingerprint density at radius 2 is 2.03 bits per heavy atom. The number of pyridine rings is 2. The number of nitrogens with one attached hydrogen (secondary N) is 1. The molecule has 8 nitrogen and oxygen atoms in total. The molecule has 0 spiro atoms. The molecule has 5 aromatic heterocycles. The highest BCUT2D eigenvalue weighted by Crippen LogP contribution is 2.37. The number of aromatic nitrogens is 6. The summed E-state index contributed by atoms with van der Waals surface area (Å²) in [7, 11) is 0. The summed E-state index contributed by atoms with van der Waals surface area (Å²) in [4.78, 5) is 22.8. The number of rotatable bonds is 2. The van der Waals surface area contributed by atoms with Crippen molar-refractivity contribution in [2.75, 3.05) is 6.54 Å². The van der Waals surface area contributed by atoms with Gasteiger partial charge >= 0.3 is 6.18 Å². The van der Waals surface area contributed by atoms with Gasteiger partial charge in [0.25, 0.3) is 5.91 Å². The van der Waals surface area contributed by atoms with Crippen LogP contribution >= 0.6 is 0 Å². The van der Waals surface area contributed by atoms with E-state index >= 15 is 0 Å². The average molecular weight is 465 g/mol. The smallest absolute Gasteiger partial charge is 0.348 e. The molecule has 1 aliphatic rings. The predicted molar refractivity (Wildman–Crippen MR) is 115 cm³/mol. The van der Waals surface area contributed by atoms with E-state index in [1.54, 1.807) is 9.42 Å². The number of hydrogen-bond acceptors (Lipinski definition) is 4. The van der Waals surface area contributed by atoms with Gasteiger partial charge < -0.3 is 9.88 Å². The van der Waals surface area contributed by atoms with Crippen molar-refractivity contribution in [2.24, 2.45) is 0 Å². The number of aryl methyl sites for hydroxylation is 1. The highest BCUT2D eigenvalue weighted by molar-refractivity contribution is 6.01. The van der Waals surface area contributed by atoms with Crippen LogP contribution in [0.2, 0.25) is 0 Å². The first-order valence-electron chi connectivity index (χ1n) is 10.6. The first-order chi connectivity index (χ1) is 16.3. The van der Waals surface area contributed by atoms with Crippen molar-refractivity contribution in [3.05, 3.63) is 89.0 Å². The number of nitrogens with zero attached hydrogens (tertiary/aromatic N) is 6. The molecular weight excluding hydrogens is 447 g/mol. The number of aromatic amines is 1. The molecule has 0 saturated carbocycles. The normalized spacial score (nSPS) is 16.4. The third-order valence-electron chi connectivity index (χ3n) is 6.19. The van der Waals surface area contributed by atoms with E-state index in [4.69, 9.17) is 0 Å². The molecule has 1 aliphatic heterocycles. The first kappa shape index (κ1) is 20.5. The molecule has 1 amide bonds. The molecule has 1 atom stereocenters. The van der Waals surface area contributed by atoms with Gasteiger partial charge in [-0.05, 0) is 36.8 Å². The number of H-pyrrole nitrogens is 1. The Balaban J connectivity index is 1.49. The van der Waals surface area contributed by atoms with Gasteiger partial charge in [-0.25, -0.2) is 14.0 Å². The van der Waals surface area contributed by atoms with Gasteiger partial charge in [0.05, 0.1) is 46.1 Å². The zero-order chi connectivity index (χ0) is 23.6. The minimum atomic E-state index is -4.53. The van der Waals surface area contributed by atoms with E-state index in [0.29, 0.717) is 35.4 Å². The minimum Gasteiger partial charge on any atom is -0.348 e. The van der Waals surface area contributed by atoms with Crippen molar-refractivity contribution in [3.8, 4) is 0 Å². The maximum Gasteiger partial charge on any atom is 0.418 e. The van der Waals surface area contributed by atoms with E-state index in [1.165, 1.54) is 35.4 Å². The van der Waals surface area contributed by atoms with Crippen molar-refractivity contribution < 1.29 is 18.0 Å². The van der Waals surface area contributed by atoms with Crippen molar-refractivity contribution in [1.29, 1.82) is 0 Å². The number of alkyl halides is 3. The van der Waals surface area contributed by atoms with Crippen LogP contribution in [-0.4, -0.2) is 46.5 Å². The summed E-state index contributed by atoms with van der Waals surface area (Å²) in [5.41, 5.74) is 2.90. The standard InChI is InChI=1S/C23H18F3N7O/c1-13-4-5-18-14(10-29-33(18)11-13)22(34)31-8-6-16-20(28-12-27-16)21(31)17-9-19-15(23(24,25)26)3-2-7-32(19)30-17/h2-5,7,9-12,21H,6,8H2,1H3,(H,27,28)/t21-/m0/s1. The molecule has 11 heteroatoms. The first-order valence-corrected chi connectivity index (χ1v) is 10.6. The SMILES string of the molecule is Cc1ccc2c(C(=O)N3CCc4[nH]cnc4[C@@H]3c3cc4c(C(F)(F)F)cccn4n3)cnn2c1. The number of imidazole rings is 1. The predicted octanol–water partition coefficient (Wildman–Crippen LogP) is 3.82. The fourth-order valence-electron chi connectivity index (χ4n) is 4.61. The molecular formula is C23H18F3N7O. The van der Waals surface area contributed by atoms with Crippen molar-refractivity contribution in [2.45, 2.75) is 25.6 Å². The molecule has 0 bridgehead atoms. The van der Waals surface area contributed by atoms with Crippen LogP contribution in [0.25, 0.3) is 11.0 Å². The Labute approximate surface area is 190 Å². The largest absolute Gasteiger partial charge is 0.418 e. The molecule has 1 N–H and O–H groups in total. The summed E-state index contributed by atoms with van der Waals surface area (Å²) in [5.74, 6) is -0.286. The van der Waals surface area contributed by atoms with Crippen LogP contribution in [0.15, 0.2) is 55.2 Å². The lowest BCUT2D eigenvalue weighted by atomic mass is 9.98. The second-order valence-corrected chi connectivity index (χ2v) is 8.33. The van der Waals surface area contributed by atoms with Crippen molar-refractivity contribution in [1.82, 2.24) is 34.1 Å². The lowest BCUT2D eigenvalue weighted by molar-refractivity contribution is -0.136. The second kappa shape index (κ2) is 7.17. The number of carbonyl (C=O) groups is 1. The molecule has 34 heavy (non-hydrogen) atoms. The second-order valence-electron chi connectivity index (χ2n) is 8.33. The third kappa shape index (κ3) is 3.07. The Kier molecular flexibility index (Phi) is 4.32. The number of hydrogen-bond donors (Lipinski definition) is 1. The van der Waals surface area contributed by atoms with E-state index in [0.717, 1.165) is 17.3 Å². The van der Waals surface area contributed by atoms with Crippen LogP contribution < -0.4 is 0 Å². The summed E-state index contributed by atoms with van der Waals surface area (Å²) in [6.45, 7) is 2.28. The molecule has 5 aromatic rings. The van der Waals surface area contributed by atoms with Gasteiger partial charge in [0.1, 0.15) is 6.04 Å². The van der Waals surface area contributed by atoms with Crippen LogP contribution in [0.5, 0.6) is 0 Å². The molecule has 0 saturated heterocycles. The summed E-state index contributed by atoms with van der Waals surface area (Å²) < 4.78 is 43.6. The van der Waals surface area contributed by atoms with E-state index in [1.807, 2.05) is 25.3 Å². The van der Waals surface area contributed by atoms with Crippen LogP contribution in [0.4, 0.5) is 13.2 Å². The molecule has 0 aromatic carbocycles. The summed E-state index contributed by atoms with van der Waals surface area (Å²) in [5, 5.41) is 8.73. The van der Waals surface area contributed by atoms with Gasteiger partial charge in [0.15, 0.2) is 0 Å². The Morgan fingerprint density at radius 3 is 2.85 bits per heavy atom. The van der Waals surface area contributed by atoms with Crippen LogP contribution in [0.3, 0.4) is 0 Å². The molecule has 0 radical (unpaired) electrons. The van der Waals surface area contributed by atoms with Crippen LogP contribution in [0.1, 0.15) is 44.6 Å². The van der Waals surface area contributed by atoms with Gasteiger partial charge in [-0.15, -0.1) is 0 Å². The lowest BCUT2D eigenvalue weighted by Gasteiger charge is -2.33. The summed E-state index contributed by atoms with van der Waals surface area (Å²) >= 11 is 0. The highest BCUT2D eigenvalue weighted by atomic mass is 19.4. The molecule has 6 heterocycles. The van der Waals surface area contributed by atoms with Gasteiger partial charge in [-0.1, -0.05) is 6.07 Å². The van der Waals surface area contributed by atoms with E-state index in [9.17, 15) is 18.0 Å². The van der Waals surface area contributed by atoms with E-state index in [-0.39, 0.29) is 11.4 Å². The van der Waals surface area contributed by atoms with Gasteiger partial charge in [0.2, 0.25) is 0 Å². The topological polar surface area (TPSA) is 83.6 Å². The Morgan fingerprint density at radius 1 is 1.18 bits per heavy atom. The Hall–Kier alpha value is -4.15. The Bertz CT molecular complexity index is 1560. The third-order valence-corrected chi connectivity index (χ3v) is 6.19. The quantitative estimate of drug-likeness (QED) is 0.430. The van der Waals surface area contributed by atoms with Crippen LogP contribution in [0, 0.1) is 6.92 Å². The van der Waals surface area contributed by atoms with Gasteiger partial charge in [-0.2, -0.15) is 23.4 Å². The maximum atomic E-state index is 13.7. The molecule has 0 fully saturated rings. The van der Waals surface area contributed by atoms with Gasteiger partial charge in [-0.3, -0.25) is 4.79 Å². The zero-order valence-electron chi connectivity index (χ0n) is 17.9.